The summed E-state index contributed by atoms with van der Waals surface area (Å²) < 4.78 is 6.52. The Kier molecular flexibility index (Phi) is 11.5. The third kappa shape index (κ3) is 8.70. The van der Waals surface area contributed by atoms with Crippen LogP contribution in [0.15, 0.2) is 6.07 Å². The van der Waals surface area contributed by atoms with Gasteiger partial charge in [0.25, 0.3) is 0 Å². The molecule has 0 aromatic heterocycles. The summed E-state index contributed by atoms with van der Waals surface area (Å²) in [5.74, 6) is 3.98. The van der Waals surface area contributed by atoms with Gasteiger partial charge in [0.1, 0.15) is 17.1 Å². The predicted octanol–water partition coefficient (Wildman–Crippen LogP) is 9.17. The fourth-order valence-corrected chi connectivity index (χ4v) is 5.05. The summed E-state index contributed by atoms with van der Waals surface area (Å²) in [7, 11) is 0. The molecule has 0 unspecified atom stereocenters. The number of phenols is 1. The number of aryl methyl sites for hydroxylation is 1. The maximum absolute atomic E-state index is 10.1. The van der Waals surface area contributed by atoms with E-state index in [-0.39, 0.29) is 13.0 Å². The second-order valence-electron chi connectivity index (χ2n) is 11.1. The highest BCUT2D eigenvalue weighted by atomic mass is 16.5. The van der Waals surface area contributed by atoms with Crippen LogP contribution in [0.25, 0.3) is 0 Å². The van der Waals surface area contributed by atoms with Crippen LogP contribution in [0, 0.1) is 31.6 Å². The largest absolute Gasteiger partial charge is 0.508 e. The summed E-state index contributed by atoms with van der Waals surface area (Å²) >= 11 is 0. The summed E-state index contributed by atoms with van der Waals surface area (Å²) in [6.45, 7) is 15.9. The minimum Gasteiger partial charge on any atom is -0.508 e. The maximum Gasteiger partial charge on any atom is 0.126 e. The lowest BCUT2D eigenvalue weighted by Crippen LogP contribution is -2.37. The number of aromatic hydroxyl groups is 1. The van der Waals surface area contributed by atoms with Crippen LogP contribution in [0.1, 0.15) is 123 Å². The van der Waals surface area contributed by atoms with Crippen molar-refractivity contribution in [3.63, 3.8) is 0 Å². The van der Waals surface area contributed by atoms with Crippen molar-refractivity contribution in [2.75, 3.05) is 0 Å². The second-order valence-corrected chi connectivity index (χ2v) is 11.1. The third-order valence-corrected chi connectivity index (χ3v) is 7.35. The van der Waals surface area contributed by atoms with E-state index >= 15 is 0 Å². The molecule has 0 amide bonds. The van der Waals surface area contributed by atoms with E-state index < -0.39 is 0 Å². The van der Waals surface area contributed by atoms with Gasteiger partial charge in [0.2, 0.25) is 0 Å². The van der Waals surface area contributed by atoms with E-state index in [1.54, 1.807) is 0 Å². The van der Waals surface area contributed by atoms with Crippen LogP contribution in [0.5, 0.6) is 11.5 Å². The zero-order valence-corrected chi connectivity index (χ0v) is 20.9. The fourth-order valence-electron chi connectivity index (χ4n) is 5.05. The van der Waals surface area contributed by atoms with E-state index in [0.29, 0.717) is 5.75 Å². The van der Waals surface area contributed by atoms with Gasteiger partial charge in [0.05, 0.1) is 0 Å². The minimum absolute atomic E-state index is 0. The fraction of sp³-hybridized carbons (Fsp3) is 0.793. The highest BCUT2D eigenvalue weighted by Gasteiger charge is 2.33. The Hall–Kier alpha value is -1.18. The molecule has 0 aliphatic carbocycles. The monoisotopic (exact) mass is 432 g/mol. The molecule has 1 aromatic rings. The van der Waals surface area contributed by atoms with Crippen LogP contribution in [0.2, 0.25) is 0 Å². The molecule has 1 aromatic carbocycles. The maximum atomic E-state index is 10.1. The van der Waals surface area contributed by atoms with Gasteiger partial charge < -0.3 is 9.84 Å². The Morgan fingerprint density at radius 1 is 0.935 bits per heavy atom. The number of benzene rings is 1. The lowest BCUT2D eigenvalue weighted by Gasteiger charge is -2.37. The van der Waals surface area contributed by atoms with Crippen molar-refractivity contribution in [3.8, 4) is 11.5 Å². The summed E-state index contributed by atoms with van der Waals surface area (Å²) in [5, 5.41) is 10.1. The van der Waals surface area contributed by atoms with Crippen LogP contribution in [0.3, 0.4) is 0 Å². The SMILES string of the molecule is C.Cc1cc(O)c(C)c2c1O[C@](C)(CCC[C@H](C)CCC[C@H](C)CCCC(C)C)CC2. The van der Waals surface area contributed by atoms with Crippen molar-refractivity contribution in [2.45, 2.75) is 132 Å². The predicted molar refractivity (Wildman–Crippen MR) is 136 cm³/mol. The van der Waals surface area contributed by atoms with Gasteiger partial charge in [-0.05, 0) is 81.4 Å². The molecule has 2 nitrogen and oxygen atoms in total. The number of hydrogen-bond donors (Lipinski definition) is 1. The molecule has 31 heavy (non-hydrogen) atoms. The van der Waals surface area contributed by atoms with Crippen LogP contribution in [-0.4, -0.2) is 10.7 Å². The average molecular weight is 433 g/mol. The first-order valence-electron chi connectivity index (χ1n) is 12.6. The Bertz CT molecular complexity index is 663. The molecule has 0 radical (unpaired) electrons. The molecule has 2 heteroatoms. The Morgan fingerprint density at radius 2 is 1.48 bits per heavy atom. The topological polar surface area (TPSA) is 29.5 Å². The third-order valence-electron chi connectivity index (χ3n) is 7.35. The lowest BCUT2D eigenvalue weighted by molar-refractivity contribution is 0.0512. The highest BCUT2D eigenvalue weighted by Crippen LogP contribution is 2.42. The first kappa shape index (κ1) is 27.9. The van der Waals surface area contributed by atoms with Gasteiger partial charge in [-0.15, -0.1) is 0 Å². The molecule has 3 atom stereocenters. The van der Waals surface area contributed by atoms with Crippen LogP contribution in [-0.2, 0) is 6.42 Å². The molecule has 0 saturated heterocycles. The van der Waals surface area contributed by atoms with E-state index in [0.717, 1.165) is 53.9 Å². The molecule has 0 fully saturated rings. The molecule has 180 valence electrons. The summed E-state index contributed by atoms with van der Waals surface area (Å²) in [6, 6.07) is 1.85. The summed E-state index contributed by atoms with van der Waals surface area (Å²) in [5.41, 5.74) is 3.20. The van der Waals surface area contributed by atoms with Crippen molar-refractivity contribution in [3.05, 3.63) is 22.8 Å². The lowest BCUT2D eigenvalue weighted by atomic mass is 9.84. The van der Waals surface area contributed by atoms with Gasteiger partial charge in [-0.25, -0.2) is 0 Å². The zero-order valence-electron chi connectivity index (χ0n) is 20.9. The highest BCUT2D eigenvalue weighted by molar-refractivity contribution is 5.53. The number of rotatable bonds is 12. The van der Waals surface area contributed by atoms with E-state index in [1.165, 1.54) is 56.9 Å². The van der Waals surface area contributed by atoms with E-state index in [9.17, 15) is 5.11 Å². The van der Waals surface area contributed by atoms with Gasteiger partial charge in [-0.3, -0.25) is 0 Å². The van der Waals surface area contributed by atoms with Crippen molar-refractivity contribution < 1.29 is 9.84 Å². The quantitative estimate of drug-likeness (QED) is 0.356. The molecular weight excluding hydrogens is 380 g/mol. The molecule has 1 aliphatic rings. The van der Waals surface area contributed by atoms with Crippen LogP contribution >= 0.6 is 0 Å². The first-order valence-corrected chi connectivity index (χ1v) is 12.6. The number of hydrogen-bond acceptors (Lipinski definition) is 2. The molecule has 0 spiro atoms. The number of ether oxygens (including phenoxy) is 1. The zero-order chi connectivity index (χ0) is 22.3. The molecule has 1 heterocycles. The van der Waals surface area contributed by atoms with Gasteiger partial charge in [-0.2, -0.15) is 0 Å². The van der Waals surface area contributed by atoms with E-state index in [1.807, 2.05) is 13.0 Å². The van der Waals surface area contributed by atoms with Crippen molar-refractivity contribution in [1.82, 2.24) is 0 Å². The number of fused-ring (bicyclic) bond motifs is 1. The van der Waals surface area contributed by atoms with Gasteiger partial charge in [-0.1, -0.05) is 80.1 Å². The number of phenolic OH excluding ortho intramolecular Hbond substituents is 1. The normalized spacial score (nSPS) is 20.0. The van der Waals surface area contributed by atoms with E-state index in [4.69, 9.17) is 4.74 Å². The molecule has 0 bridgehead atoms. The van der Waals surface area contributed by atoms with Gasteiger partial charge in [0, 0.05) is 5.56 Å². The summed E-state index contributed by atoms with van der Waals surface area (Å²) in [4.78, 5) is 0. The molecule has 0 saturated carbocycles. The van der Waals surface area contributed by atoms with Crippen molar-refractivity contribution >= 4 is 0 Å². The summed E-state index contributed by atoms with van der Waals surface area (Å²) in [6.07, 6.45) is 14.1. The van der Waals surface area contributed by atoms with Gasteiger partial charge in [0.15, 0.2) is 0 Å². The van der Waals surface area contributed by atoms with Crippen molar-refractivity contribution in [2.24, 2.45) is 17.8 Å². The van der Waals surface area contributed by atoms with Gasteiger partial charge >= 0.3 is 0 Å². The Morgan fingerprint density at radius 3 is 2.06 bits per heavy atom. The van der Waals surface area contributed by atoms with Crippen LogP contribution < -0.4 is 4.74 Å². The second kappa shape index (κ2) is 12.8. The molecule has 2 rings (SSSR count). The Balaban J connectivity index is 0.00000480. The first-order chi connectivity index (χ1) is 14.1. The molecule has 1 N–H and O–H groups in total. The molecule has 1 aliphatic heterocycles. The van der Waals surface area contributed by atoms with E-state index in [2.05, 4.69) is 41.5 Å². The average Bonchev–Trinajstić information content (AvgIpc) is 2.66. The standard InChI is InChI=1S/C28H48O2.CH4/c1-20(2)11-8-12-21(3)13-9-14-22(4)15-10-17-28(7)18-16-25-24(6)26(29)19-23(5)27(25)30-28;/h19-22,29H,8-18H2,1-7H3;1H4/t21-,22-,28-;/m1./s1. The Labute approximate surface area is 194 Å². The minimum atomic E-state index is -0.0637. The smallest absolute Gasteiger partial charge is 0.126 e. The molecular formula is C29H52O2. The van der Waals surface area contributed by atoms with Crippen molar-refractivity contribution in [1.29, 1.82) is 0 Å². The van der Waals surface area contributed by atoms with Crippen LogP contribution in [0.4, 0.5) is 0 Å².